The highest BCUT2D eigenvalue weighted by atomic mass is 16.5. The first-order valence-corrected chi connectivity index (χ1v) is 9.43. The van der Waals surface area contributed by atoms with E-state index in [2.05, 4.69) is 20.4 Å². The molecule has 31 heavy (non-hydrogen) atoms. The molecule has 10 nitrogen and oxygen atoms in total. The smallest absolute Gasteiger partial charge is 0.248 e. The molecule has 3 N–H and O–H groups in total. The van der Waals surface area contributed by atoms with E-state index in [0.717, 1.165) is 5.56 Å². The normalized spacial score (nSPS) is 15.2. The van der Waals surface area contributed by atoms with Crippen molar-refractivity contribution in [3.63, 3.8) is 0 Å². The number of benzene rings is 1. The van der Waals surface area contributed by atoms with E-state index in [4.69, 9.17) is 19.9 Å². The summed E-state index contributed by atoms with van der Waals surface area (Å²) in [5, 5.41) is 7.81. The van der Waals surface area contributed by atoms with Gasteiger partial charge in [-0.15, -0.1) is 5.10 Å². The molecule has 0 aliphatic carbocycles. The molecular weight excluding hydrogens is 400 g/mol. The minimum Gasteiger partial charge on any atom is -0.493 e. The summed E-state index contributed by atoms with van der Waals surface area (Å²) < 4.78 is 17.9. The second-order valence-corrected chi connectivity index (χ2v) is 6.83. The number of methoxy groups -OCH3 is 3. The summed E-state index contributed by atoms with van der Waals surface area (Å²) in [6, 6.07) is 6.62. The van der Waals surface area contributed by atoms with Crippen molar-refractivity contribution in [3.8, 4) is 28.6 Å². The Kier molecular flexibility index (Phi) is 5.20. The van der Waals surface area contributed by atoms with Crippen LogP contribution in [-0.4, -0.2) is 47.0 Å². The van der Waals surface area contributed by atoms with Gasteiger partial charge in [-0.05, 0) is 36.8 Å². The van der Waals surface area contributed by atoms with Crippen LogP contribution in [0.3, 0.4) is 0 Å². The van der Waals surface area contributed by atoms with E-state index in [1.165, 1.54) is 7.11 Å². The fourth-order valence-electron chi connectivity index (χ4n) is 3.66. The summed E-state index contributed by atoms with van der Waals surface area (Å²) >= 11 is 0. The summed E-state index contributed by atoms with van der Waals surface area (Å²) in [7, 11) is 4.62. The van der Waals surface area contributed by atoms with Gasteiger partial charge in [0.15, 0.2) is 17.3 Å². The van der Waals surface area contributed by atoms with Crippen LogP contribution in [0, 0.1) is 0 Å². The first-order valence-electron chi connectivity index (χ1n) is 9.43. The molecule has 4 rings (SSSR count). The van der Waals surface area contributed by atoms with Crippen LogP contribution in [0.15, 0.2) is 47.9 Å². The molecule has 1 aliphatic rings. The van der Waals surface area contributed by atoms with Crippen molar-refractivity contribution in [2.24, 2.45) is 5.73 Å². The van der Waals surface area contributed by atoms with E-state index in [0.29, 0.717) is 45.9 Å². The molecule has 10 heteroatoms. The number of aromatic nitrogens is 4. The van der Waals surface area contributed by atoms with Crippen molar-refractivity contribution in [2.45, 2.75) is 13.0 Å². The molecule has 3 aromatic rings. The highest BCUT2D eigenvalue weighted by Crippen LogP contribution is 2.42. The Morgan fingerprint density at radius 2 is 1.74 bits per heavy atom. The second kappa shape index (κ2) is 7.98. The Hall–Kier alpha value is -4.08. The predicted octanol–water partition coefficient (Wildman–Crippen LogP) is 2.14. The number of fused-ring (bicyclic) bond motifs is 1. The van der Waals surface area contributed by atoms with Gasteiger partial charge in [-0.2, -0.15) is 4.98 Å². The van der Waals surface area contributed by atoms with Crippen LogP contribution in [0.2, 0.25) is 0 Å². The molecule has 2 aromatic heterocycles. The molecule has 0 unspecified atom stereocenters. The number of nitrogens with two attached hydrogens (primary N) is 1. The third kappa shape index (κ3) is 3.41. The molecule has 1 aromatic carbocycles. The van der Waals surface area contributed by atoms with Gasteiger partial charge in [-0.25, -0.2) is 4.68 Å². The van der Waals surface area contributed by atoms with E-state index < -0.39 is 11.9 Å². The zero-order valence-corrected chi connectivity index (χ0v) is 17.5. The standard InChI is InChI=1S/C21H22N6O4/c1-11-16(19(22)28)17(12-5-7-23-8-6-12)27-21(24-11)25-20(26-27)13-9-14(29-2)18(31-4)15(10-13)30-3/h5-10,17H,1-4H3,(H2,22,28)(H,24,25,26)/t17-/m0/s1. The molecule has 160 valence electrons. The number of hydrogen-bond acceptors (Lipinski definition) is 8. The van der Waals surface area contributed by atoms with Gasteiger partial charge in [0, 0.05) is 23.7 Å². The predicted molar refractivity (Wildman–Crippen MR) is 113 cm³/mol. The van der Waals surface area contributed by atoms with Gasteiger partial charge < -0.3 is 25.3 Å². The molecule has 1 amide bonds. The van der Waals surface area contributed by atoms with Crippen LogP contribution in [0.4, 0.5) is 5.95 Å². The molecule has 0 fully saturated rings. The van der Waals surface area contributed by atoms with E-state index in [1.54, 1.807) is 50.4 Å². The van der Waals surface area contributed by atoms with Gasteiger partial charge in [-0.1, -0.05) is 0 Å². The fraction of sp³-hybridized carbons (Fsp3) is 0.238. The molecule has 1 aliphatic heterocycles. The summed E-state index contributed by atoms with van der Waals surface area (Å²) in [5.74, 6) is 1.79. The summed E-state index contributed by atoms with van der Waals surface area (Å²) in [6.07, 6.45) is 3.31. The number of nitrogens with one attached hydrogen (secondary N) is 1. The lowest BCUT2D eigenvalue weighted by atomic mass is 9.96. The Morgan fingerprint density at radius 3 is 2.29 bits per heavy atom. The third-order valence-corrected chi connectivity index (χ3v) is 5.06. The Bertz CT molecular complexity index is 1150. The van der Waals surface area contributed by atoms with Crippen molar-refractivity contribution >= 4 is 11.9 Å². The van der Waals surface area contributed by atoms with Crippen molar-refractivity contribution in [1.82, 2.24) is 19.7 Å². The Morgan fingerprint density at radius 1 is 1.10 bits per heavy atom. The molecule has 3 heterocycles. The third-order valence-electron chi connectivity index (χ3n) is 5.06. The van der Waals surface area contributed by atoms with Gasteiger partial charge in [0.1, 0.15) is 6.04 Å². The zero-order valence-electron chi connectivity index (χ0n) is 17.5. The highest BCUT2D eigenvalue weighted by molar-refractivity contribution is 5.95. The molecule has 0 bridgehead atoms. The lowest BCUT2D eigenvalue weighted by Crippen LogP contribution is -2.31. The van der Waals surface area contributed by atoms with Crippen LogP contribution in [0.5, 0.6) is 17.2 Å². The first-order chi connectivity index (χ1) is 15.0. The van der Waals surface area contributed by atoms with Gasteiger partial charge >= 0.3 is 0 Å². The first kappa shape index (κ1) is 20.2. The summed E-state index contributed by atoms with van der Waals surface area (Å²) in [5.41, 5.74) is 8.20. The van der Waals surface area contributed by atoms with Crippen LogP contribution in [0.1, 0.15) is 18.5 Å². The largest absolute Gasteiger partial charge is 0.493 e. The lowest BCUT2D eigenvalue weighted by molar-refractivity contribution is -0.115. The molecule has 0 saturated carbocycles. The lowest BCUT2D eigenvalue weighted by Gasteiger charge is -2.27. The monoisotopic (exact) mass is 422 g/mol. The molecule has 0 saturated heterocycles. The van der Waals surface area contributed by atoms with Gasteiger partial charge in [-0.3, -0.25) is 9.78 Å². The maximum atomic E-state index is 12.3. The van der Waals surface area contributed by atoms with E-state index in [9.17, 15) is 4.79 Å². The maximum absolute atomic E-state index is 12.3. The van der Waals surface area contributed by atoms with E-state index in [-0.39, 0.29) is 0 Å². The Labute approximate surface area is 178 Å². The van der Waals surface area contributed by atoms with Crippen LogP contribution < -0.4 is 25.3 Å². The molecule has 1 atom stereocenters. The van der Waals surface area contributed by atoms with E-state index >= 15 is 0 Å². The SMILES string of the molecule is COc1cc(-c2nc3n(n2)[C@@H](c2ccncc2)C(C(N)=O)=C(C)N3)cc(OC)c1OC. The average molecular weight is 422 g/mol. The van der Waals surface area contributed by atoms with Crippen molar-refractivity contribution in [1.29, 1.82) is 0 Å². The molecule has 0 spiro atoms. The summed E-state index contributed by atoms with van der Waals surface area (Å²) in [6.45, 7) is 1.78. The van der Waals surface area contributed by atoms with Gasteiger partial charge in [0.2, 0.25) is 17.6 Å². The number of carbonyl (C=O) groups is 1. The molecule has 0 radical (unpaired) electrons. The number of allylic oxidation sites excluding steroid dienone is 1. The quantitative estimate of drug-likeness (QED) is 0.619. The van der Waals surface area contributed by atoms with E-state index in [1.807, 2.05) is 12.1 Å². The van der Waals surface area contributed by atoms with Crippen molar-refractivity contribution in [2.75, 3.05) is 26.6 Å². The fourth-order valence-corrected chi connectivity index (χ4v) is 3.66. The number of amides is 1. The van der Waals surface area contributed by atoms with Gasteiger partial charge in [0.25, 0.3) is 0 Å². The van der Waals surface area contributed by atoms with Crippen LogP contribution in [-0.2, 0) is 4.79 Å². The van der Waals surface area contributed by atoms with Crippen LogP contribution in [0.25, 0.3) is 11.4 Å². The maximum Gasteiger partial charge on any atom is 0.248 e. The number of pyridine rings is 1. The molecular formula is C21H22N6O4. The minimum absolute atomic E-state index is 0.403. The Balaban J connectivity index is 1.88. The number of ether oxygens (including phenoxy) is 3. The van der Waals surface area contributed by atoms with Crippen LogP contribution >= 0.6 is 0 Å². The number of anilines is 1. The van der Waals surface area contributed by atoms with Crippen molar-refractivity contribution < 1.29 is 19.0 Å². The zero-order chi connectivity index (χ0) is 22.1. The topological polar surface area (TPSA) is 126 Å². The second-order valence-electron chi connectivity index (χ2n) is 6.83. The highest BCUT2D eigenvalue weighted by Gasteiger charge is 2.33. The number of hydrogen-bond donors (Lipinski definition) is 2. The number of rotatable bonds is 6. The summed E-state index contributed by atoms with van der Waals surface area (Å²) in [4.78, 5) is 21.0. The van der Waals surface area contributed by atoms with Crippen molar-refractivity contribution in [3.05, 3.63) is 53.5 Å². The number of primary amides is 1. The van der Waals surface area contributed by atoms with Gasteiger partial charge in [0.05, 0.1) is 26.9 Å². The number of carbonyl (C=O) groups excluding carboxylic acids is 1. The average Bonchev–Trinajstić information content (AvgIpc) is 3.20. The number of nitrogens with zero attached hydrogens (tertiary/aromatic N) is 4. The minimum atomic E-state index is -0.542.